The van der Waals surface area contributed by atoms with E-state index in [9.17, 15) is 4.39 Å². The first-order chi connectivity index (χ1) is 9.25. The smallest absolute Gasteiger partial charge is 0.164 e. The molecule has 0 aromatic heterocycles. The Bertz CT molecular complexity index is 602. The van der Waals surface area contributed by atoms with Crippen LogP contribution in [0.5, 0.6) is 5.75 Å². The predicted octanol–water partition coefficient (Wildman–Crippen LogP) is 4.41. The first-order valence-electron chi connectivity index (χ1n) is 6.18. The molecule has 19 heavy (non-hydrogen) atoms. The van der Waals surface area contributed by atoms with Crippen LogP contribution in [0.3, 0.4) is 0 Å². The van der Waals surface area contributed by atoms with Crippen LogP contribution in [0.4, 0.5) is 10.1 Å². The molecule has 1 N–H and O–H groups in total. The molecule has 4 heteroatoms. The van der Waals surface area contributed by atoms with E-state index in [2.05, 4.69) is 5.32 Å². The third-order valence-corrected chi connectivity index (χ3v) is 3.53. The van der Waals surface area contributed by atoms with E-state index < -0.39 is 5.82 Å². The normalized spacial score (nSPS) is 17.5. The lowest BCUT2D eigenvalue weighted by Gasteiger charge is -2.27. The number of nitrogens with one attached hydrogen (secondary N) is 1. The Morgan fingerprint density at radius 2 is 2.00 bits per heavy atom. The third-order valence-electron chi connectivity index (χ3n) is 3.24. The Hall–Kier alpha value is -1.74. The summed E-state index contributed by atoms with van der Waals surface area (Å²) < 4.78 is 19.5. The van der Waals surface area contributed by atoms with Crippen molar-refractivity contribution in [1.29, 1.82) is 0 Å². The molecule has 2 aromatic carbocycles. The van der Waals surface area contributed by atoms with Crippen molar-refractivity contribution in [1.82, 2.24) is 0 Å². The Kier molecular flexibility index (Phi) is 3.30. The number of fused-ring (bicyclic) bond motifs is 1. The van der Waals surface area contributed by atoms with Crippen LogP contribution in [0.2, 0.25) is 5.02 Å². The van der Waals surface area contributed by atoms with E-state index in [4.69, 9.17) is 16.3 Å². The number of halogens is 2. The van der Waals surface area contributed by atoms with E-state index in [0.717, 1.165) is 17.7 Å². The molecular weight excluding hydrogens is 265 g/mol. The molecule has 0 saturated carbocycles. The second kappa shape index (κ2) is 5.10. The molecule has 2 aromatic rings. The molecule has 1 heterocycles. The molecule has 1 aliphatic heterocycles. The molecule has 0 radical (unpaired) electrons. The highest BCUT2D eigenvalue weighted by Crippen LogP contribution is 2.35. The van der Waals surface area contributed by atoms with Gasteiger partial charge in [0.05, 0.1) is 23.4 Å². The monoisotopic (exact) mass is 277 g/mol. The maximum Gasteiger partial charge on any atom is 0.164 e. The van der Waals surface area contributed by atoms with Gasteiger partial charge in [-0.2, -0.15) is 0 Å². The van der Waals surface area contributed by atoms with Crippen LogP contribution >= 0.6 is 11.6 Å². The molecule has 0 fully saturated rings. The highest BCUT2D eigenvalue weighted by atomic mass is 35.5. The van der Waals surface area contributed by atoms with Crippen LogP contribution in [0.1, 0.15) is 18.0 Å². The van der Waals surface area contributed by atoms with Crippen molar-refractivity contribution in [3.63, 3.8) is 0 Å². The molecule has 1 aliphatic rings. The van der Waals surface area contributed by atoms with Crippen molar-refractivity contribution in [3.8, 4) is 5.75 Å². The fourth-order valence-corrected chi connectivity index (χ4v) is 2.47. The first-order valence-corrected chi connectivity index (χ1v) is 6.56. The second-order valence-electron chi connectivity index (χ2n) is 4.47. The zero-order valence-electron chi connectivity index (χ0n) is 10.2. The lowest BCUT2D eigenvalue weighted by Crippen LogP contribution is -2.20. The van der Waals surface area contributed by atoms with Gasteiger partial charge in [-0.1, -0.05) is 35.9 Å². The number of anilines is 1. The molecule has 3 rings (SSSR count). The summed E-state index contributed by atoms with van der Waals surface area (Å²) in [6.45, 7) is 0.622. The van der Waals surface area contributed by atoms with E-state index >= 15 is 0 Å². The molecule has 1 unspecified atom stereocenters. The number of para-hydroxylation sites is 1. The fourth-order valence-electron chi connectivity index (χ4n) is 2.29. The van der Waals surface area contributed by atoms with Gasteiger partial charge in [0.15, 0.2) is 5.82 Å². The number of ether oxygens (including phenoxy) is 1. The summed E-state index contributed by atoms with van der Waals surface area (Å²) in [5, 5.41) is 3.34. The zero-order chi connectivity index (χ0) is 13.2. The van der Waals surface area contributed by atoms with Crippen molar-refractivity contribution < 1.29 is 9.13 Å². The largest absolute Gasteiger partial charge is 0.493 e. The molecule has 0 amide bonds. The Labute approximate surface area is 116 Å². The third kappa shape index (κ3) is 2.38. The standard InChI is InChI=1S/C15H13ClFNO/c16-11-5-3-6-13(15(11)17)18-12-8-9-19-14-7-2-1-4-10(12)14/h1-7,12,18H,8-9H2. The van der Waals surface area contributed by atoms with E-state index in [0.29, 0.717) is 12.3 Å². The van der Waals surface area contributed by atoms with Crippen LogP contribution in [-0.2, 0) is 0 Å². The average Bonchev–Trinajstić information content (AvgIpc) is 2.44. The van der Waals surface area contributed by atoms with Crippen LogP contribution in [0.15, 0.2) is 42.5 Å². The SMILES string of the molecule is Fc1c(Cl)cccc1NC1CCOc2ccccc21. The molecule has 0 spiro atoms. The lowest BCUT2D eigenvalue weighted by molar-refractivity contribution is 0.274. The first kappa shape index (κ1) is 12.3. The van der Waals surface area contributed by atoms with Gasteiger partial charge in [-0.05, 0) is 18.2 Å². The molecule has 0 saturated heterocycles. The Morgan fingerprint density at radius 3 is 2.89 bits per heavy atom. The van der Waals surface area contributed by atoms with Gasteiger partial charge in [0.1, 0.15) is 5.75 Å². The Morgan fingerprint density at radius 1 is 1.16 bits per heavy atom. The van der Waals surface area contributed by atoms with Gasteiger partial charge < -0.3 is 10.1 Å². The lowest BCUT2D eigenvalue weighted by atomic mass is 10.0. The second-order valence-corrected chi connectivity index (χ2v) is 4.88. The summed E-state index contributed by atoms with van der Waals surface area (Å²) in [4.78, 5) is 0. The van der Waals surface area contributed by atoms with E-state index in [1.54, 1.807) is 18.2 Å². The number of benzene rings is 2. The van der Waals surface area contributed by atoms with Gasteiger partial charge in [0, 0.05) is 12.0 Å². The van der Waals surface area contributed by atoms with Crippen molar-refractivity contribution >= 4 is 17.3 Å². The molecule has 1 atom stereocenters. The van der Waals surface area contributed by atoms with Crippen LogP contribution < -0.4 is 10.1 Å². The summed E-state index contributed by atoms with van der Waals surface area (Å²) in [5.41, 5.74) is 1.47. The van der Waals surface area contributed by atoms with Gasteiger partial charge in [-0.15, -0.1) is 0 Å². The van der Waals surface area contributed by atoms with Gasteiger partial charge >= 0.3 is 0 Å². The molecule has 98 valence electrons. The molecule has 0 aliphatic carbocycles. The average molecular weight is 278 g/mol. The van der Waals surface area contributed by atoms with E-state index in [1.165, 1.54) is 0 Å². The van der Waals surface area contributed by atoms with Gasteiger partial charge in [-0.3, -0.25) is 0 Å². The molecular formula is C15H13ClFNO. The highest BCUT2D eigenvalue weighted by Gasteiger charge is 2.21. The van der Waals surface area contributed by atoms with Gasteiger partial charge in [0.25, 0.3) is 0 Å². The summed E-state index contributed by atoms with van der Waals surface area (Å²) in [5.74, 6) is 0.446. The molecule has 0 bridgehead atoms. The minimum atomic E-state index is -0.409. The van der Waals surface area contributed by atoms with Crippen molar-refractivity contribution in [2.45, 2.75) is 12.5 Å². The number of hydrogen-bond acceptors (Lipinski definition) is 2. The number of rotatable bonds is 2. The van der Waals surface area contributed by atoms with Gasteiger partial charge in [-0.25, -0.2) is 4.39 Å². The zero-order valence-corrected chi connectivity index (χ0v) is 11.0. The van der Waals surface area contributed by atoms with Crippen LogP contribution in [-0.4, -0.2) is 6.61 Å². The van der Waals surface area contributed by atoms with Crippen molar-refractivity contribution in [2.75, 3.05) is 11.9 Å². The minimum absolute atomic E-state index is 0.0397. The summed E-state index contributed by atoms with van der Waals surface area (Å²) >= 11 is 5.79. The summed E-state index contributed by atoms with van der Waals surface area (Å²) in [6, 6.07) is 12.8. The summed E-state index contributed by atoms with van der Waals surface area (Å²) in [7, 11) is 0. The topological polar surface area (TPSA) is 21.3 Å². The maximum atomic E-state index is 13.9. The quantitative estimate of drug-likeness (QED) is 0.878. The van der Waals surface area contributed by atoms with Crippen LogP contribution in [0, 0.1) is 5.82 Å². The molecule has 2 nitrogen and oxygen atoms in total. The minimum Gasteiger partial charge on any atom is -0.493 e. The van der Waals surface area contributed by atoms with Gasteiger partial charge in [0.2, 0.25) is 0 Å². The fraction of sp³-hybridized carbons (Fsp3) is 0.200. The Balaban J connectivity index is 1.91. The van der Waals surface area contributed by atoms with Crippen LogP contribution in [0.25, 0.3) is 0 Å². The maximum absolute atomic E-state index is 13.9. The summed E-state index contributed by atoms with van der Waals surface area (Å²) in [6.07, 6.45) is 0.795. The van der Waals surface area contributed by atoms with Crippen molar-refractivity contribution in [3.05, 3.63) is 58.9 Å². The highest BCUT2D eigenvalue weighted by molar-refractivity contribution is 6.31. The predicted molar refractivity (Wildman–Crippen MR) is 74.3 cm³/mol. The van der Waals surface area contributed by atoms with E-state index in [-0.39, 0.29) is 11.1 Å². The van der Waals surface area contributed by atoms with Crippen molar-refractivity contribution in [2.24, 2.45) is 0 Å². The van der Waals surface area contributed by atoms with E-state index in [1.807, 2.05) is 24.3 Å². The number of hydrogen-bond donors (Lipinski definition) is 1.